The van der Waals surface area contributed by atoms with E-state index in [-0.39, 0.29) is 31.3 Å². The Labute approximate surface area is 241 Å². The van der Waals surface area contributed by atoms with E-state index >= 15 is 0 Å². The number of likely N-dealkylation sites (N-methyl/N-ethyl adjacent to an activating group) is 1. The van der Waals surface area contributed by atoms with Crippen LogP contribution in [-0.4, -0.2) is 44.3 Å². The zero-order chi connectivity index (χ0) is 29.0. The number of nitrogens with one attached hydrogen (secondary N) is 1. The molecule has 4 aromatic rings. The Morgan fingerprint density at radius 1 is 0.878 bits per heavy atom. The normalized spacial score (nSPS) is 14.1. The third-order valence-electron chi connectivity index (χ3n) is 7.53. The summed E-state index contributed by atoms with van der Waals surface area (Å²) in [6.45, 7) is 4.77. The SMILES string of the molecule is CCNC(=O)[C@H](Cc1ccccc1)N(Cc1ccc(C)cc1)C(=O)CCCN1c2cccc3cccc(c23)S1(=O)=O. The van der Waals surface area contributed by atoms with Crippen molar-refractivity contribution < 1.29 is 18.0 Å². The van der Waals surface area contributed by atoms with Gasteiger partial charge in [-0.1, -0.05) is 84.4 Å². The highest BCUT2D eigenvalue weighted by atomic mass is 32.2. The molecule has 1 heterocycles. The number of carbonyl (C=O) groups excluding carboxylic acids is 2. The molecule has 0 aliphatic carbocycles. The number of aryl methyl sites for hydroxylation is 1. The van der Waals surface area contributed by atoms with Crippen LogP contribution in [0.4, 0.5) is 5.69 Å². The molecule has 41 heavy (non-hydrogen) atoms. The molecule has 0 fully saturated rings. The topological polar surface area (TPSA) is 86.8 Å². The molecule has 1 atom stereocenters. The highest BCUT2D eigenvalue weighted by molar-refractivity contribution is 7.93. The van der Waals surface area contributed by atoms with Gasteiger partial charge in [0, 0.05) is 37.9 Å². The van der Waals surface area contributed by atoms with Gasteiger partial charge in [-0.15, -0.1) is 0 Å². The lowest BCUT2D eigenvalue weighted by molar-refractivity contribution is -0.141. The first-order chi connectivity index (χ1) is 19.8. The number of nitrogens with zero attached hydrogens (tertiary/aromatic N) is 2. The second-order valence-electron chi connectivity index (χ2n) is 10.4. The van der Waals surface area contributed by atoms with Crippen molar-refractivity contribution in [3.05, 3.63) is 108 Å². The molecule has 1 aliphatic heterocycles. The van der Waals surface area contributed by atoms with Crippen LogP contribution < -0.4 is 9.62 Å². The maximum atomic E-state index is 13.9. The fourth-order valence-corrected chi connectivity index (χ4v) is 7.20. The monoisotopic (exact) mass is 569 g/mol. The Hall–Kier alpha value is -4.17. The Morgan fingerprint density at radius 2 is 1.59 bits per heavy atom. The molecular weight excluding hydrogens is 534 g/mol. The molecule has 0 bridgehead atoms. The standard InChI is InChI=1S/C33H35N3O4S/c1-3-34-33(38)29(22-25-10-5-4-6-11-25)35(23-26-19-17-24(2)18-20-26)31(37)16-9-21-36-28-14-7-12-27-13-8-15-30(32(27)28)41(36,39)40/h4-8,10-15,17-20,29H,3,9,16,21-23H2,1-2H3,(H,34,38)/t29-/m0/s1. The zero-order valence-electron chi connectivity index (χ0n) is 23.4. The summed E-state index contributed by atoms with van der Waals surface area (Å²) < 4.78 is 28.2. The lowest BCUT2D eigenvalue weighted by Crippen LogP contribution is -2.50. The van der Waals surface area contributed by atoms with E-state index in [0.29, 0.717) is 30.0 Å². The first kappa shape index (κ1) is 28.4. The van der Waals surface area contributed by atoms with Gasteiger partial charge in [-0.25, -0.2) is 8.42 Å². The molecule has 0 radical (unpaired) electrons. The second-order valence-corrected chi connectivity index (χ2v) is 12.3. The molecule has 2 amide bonds. The maximum Gasteiger partial charge on any atom is 0.265 e. The van der Waals surface area contributed by atoms with Gasteiger partial charge in [-0.2, -0.15) is 0 Å². The van der Waals surface area contributed by atoms with Gasteiger partial charge in [0.15, 0.2) is 0 Å². The van der Waals surface area contributed by atoms with Gasteiger partial charge in [-0.05, 0) is 48.9 Å². The summed E-state index contributed by atoms with van der Waals surface area (Å²) in [5.41, 5.74) is 3.64. The van der Waals surface area contributed by atoms with Crippen LogP contribution in [-0.2, 0) is 32.6 Å². The Balaban J connectivity index is 1.38. The van der Waals surface area contributed by atoms with E-state index in [9.17, 15) is 18.0 Å². The van der Waals surface area contributed by atoms with Crippen molar-refractivity contribution in [2.45, 2.75) is 50.6 Å². The lowest BCUT2D eigenvalue weighted by atomic mass is 10.0. The summed E-state index contributed by atoms with van der Waals surface area (Å²) in [4.78, 5) is 29.2. The van der Waals surface area contributed by atoms with Crippen molar-refractivity contribution in [1.82, 2.24) is 10.2 Å². The van der Waals surface area contributed by atoms with E-state index in [2.05, 4.69) is 5.32 Å². The van der Waals surface area contributed by atoms with E-state index in [1.165, 1.54) is 4.31 Å². The third-order valence-corrected chi connectivity index (χ3v) is 9.38. The van der Waals surface area contributed by atoms with Gasteiger partial charge in [0.1, 0.15) is 6.04 Å². The number of hydrogen-bond acceptors (Lipinski definition) is 4. The van der Waals surface area contributed by atoms with Crippen LogP contribution in [0.2, 0.25) is 0 Å². The van der Waals surface area contributed by atoms with Crippen molar-refractivity contribution in [3.8, 4) is 0 Å². The smallest absolute Gasteiger partial charge is 0.265 e. The number of anilines is 1. The highest BCUT2D eigenvalue weighted by Crippen LogP contribution is 2.42. The predicted molar refractivity (Wildman–Crippen MR) is 162 cm³/mol. The highest BCUT2D eigenvalue weighted by Gasteiger charge is 2.36. The van der Waals surface area contributed by atoms with Crippen LogP contribution >= 0.6 is 0 Å². The molecule has 4 aromatic carbocycles. The number of sulfonamides is 1. The number of amides is 2. The maximum absolute atomic E-state index is 13.9. The molecule has 8 heteroatoms. The largest absolute Gasteiger partial charge is 0.355 e. The first-order valence-electron chi connectivity index (χ1n) is 14.0. The summed E-state index contributed by atoms with van der Waals surface area (Å²) in [6, 6.07) is 27.8. The van der Waals surface area contributed by atoms with Crippen LogP contribution in [0.1, 0.15) is 36.5 Å². The molecule has 212 valence electrons. The minimum absolute atomic E-state index is 0.106. The number of carbonyl (C=O) groups is 2. The molecule has 0 aromatic heterocycles. The van der Waals surface area contributed by atoms with Crippen LogP contribution in [0, 0.1) is 6.92 Å². The third kappa shape index (κ3) is 5.98. The van der Waals surface area contributed by atoms with Crippen molar-refractivity contribution in [2.75, 3.05) is 17.4 Å². The average molecular weight is 570 g/mol. The van der Waals surface area contributed by atoms with E-state index in [1.54, 1.807) is 17.0 Å². The number of rotatable bonds is 11. The van der Waals surface area contributed by atoms with Crippen LogP contribution in [0.5, 0.6) is 0 Å². The Kier molecular flexibility index (Phi) is 8.40. The first-order valence-corrected chi connectivity index (χ1v) is 15.4. The minimum atomic E-state index is -3.70. The molecule has 7 nitrogen and oxygen atoms in total. The van der Waals surface area contributed by atoms with E-state index in [0.717, 1.165) is 27.5 Å². The van der Waals surface area contributed by atoms with Crippen molar-refractivity contribution in [2.24, 2.45) is 0 Å². The zero-order valence-corrected chi connectivity index (χ0v) is 24.2. The van der Waals surface area contributed by atoms with Crippen LogP contribution in [0.15, 0.2) is 95.9 Å². The average Bonchev–Trinajstić information content (AvgIpc) is 3.19. The van der Waals surface area contributed by atoms with Crippen molar-refractivity contribution in [3.63, 3.8) is 0 Å². The minimum Gasteiger partial charge on any atom is -0.355 e. The number of benzene rings is 4. The molecule has 1 aliphatic rings. The summed E-state index contributed by atoms with van der Waals surface area (Å²) in [5.74, 6) is -0.397. The van der Waals surface area contributed by atoms with Crippen LogP contribution in [0.3, 0.4) is 0 Å². The van der Waals surface area contributed by atoms with Crippen molar-refractivity contribution in [1.29, 1.82) is 0 Å². The summed E-state index contributed by atoms with van der Waals surface area (Å²) in [6.07, 6.45) is 0.803. The Morgan fingerprint density at radius 3 is 2.29 bits per heavy atom. The van der Waals surface area contributed by atoms with Gasteiger partial charge < -0.3 is 10.2 Å². The molecular formula is C33H35N3O4S. The molecule has 0 saturated carbocycles. The van der Waals surface area contributed by atoms with E-state index in [1.807, 2.05) is 92.7 Å². The van der Waals surface area contributed by atoms with Gasteiger partial charge >= 0.3 is 0 Å². The summed E-state index contributed by atoms with van der Waals surface area (Å²) in [5, 5.41) is 4.50. The van der Waals surface area contributed by atoms with Gasteiger partial charge in [0.05, 0.1) is 10.6 Å². The fourth-order valence-electron chi connectivity index (χ4n) is 5.45. The summed E-state index contributed by atoms with van der Waals surface area (Å²) >= 11 is 0. The second kappa shape index (κ2) is 12.1. The molecule has 0 saturated heterocycles. The lowest BCUT2D eigenvalue weighted by Gasteiger charge is -2.32. The number of hydrogen-bond donors (Lipinski definition) is 1. The van der Waals surface area contributed by atoms with Gasteiger partial charge in [0.2, 0.25) is 11.8 Å². The molecule has 5 rings (SSSR count). The van der Waals surface area contributed by atoms with Crippen molar-refractivity contribution >= 4 is 38.3 Å². The molecule has 0 unspecified atom stereocenters. The van der Waals surface area contributed by atoms with Gasteiger partial charge in [0.25, 0.3) is 10.0 Å². The van der Waals surface area contributed by atoms with Crippen LogP contribution in [0.25, 0.3) is 10.8 Å². The fraction of sp³-hybridized carbons (Fsp3) is 0.273. The molecule has 1 N–H and O–H groups in total. The molecule has 0 spiro atoms. The van der Waals surface area contributed by atoms with Gasteiger partial charge in [-0.3, -0.25) is 13.9 Å². The Bertz CT molecular complexity index is 1650. The summed E-state index contributed by atoms with van der Waals surface area (Å²) in [7, 11) is -3.70. The van der Waals surface area contributed by atoms with E-state index in [4.69, 9.17) is 0 Å². The predicted octanol–water partition coefficient (Wildman–Crippen LogP) is 5.21. The van der Waals surface area contributed by atoms with E-state index < -0.39 is 16.1 Å². The quantitative estimate of drug-likeness (QED) is 0.269.